The number of amides is 1. The van der Waals surface area contributed by atoms with Gasteiger partial charge in [-0.2, -0.15) is 0 Å². The van der Waals surface area contributed by atoms with Gasteiger partial charge in [0, 0.05) is 18.3 Å². The highest BCUT2D eigenvalue weighted by atomic mass is 16.2. The van der Waals surface area contributed by atoms with Crippen LogP contribution in [0.2, 0.25) is 0 Å². The third kappa shape index (κ3) is 2.51. The molecule has 1 aromatic carbocycles. The molecule has 3 N–H and O–H groups in total. The number of nitrogens with zero attached hydrogens (tertiary/aromatic N) is 1. The van der Waals surface area contributed by atoms with Gasteiger partial charge in [0.15, 0.2) is 0 Å². The number of nitrogen functional groups attached to an aromatic ring is 1. The fourth-order valence-electron chi connectivity index (χ4n) is 1.98. The van der Waals surface area contributed by atoms with Crippen LogP contribution in [0, 0.1) is 12.3 Å². The second-order valence-corrected chi connectivity index (χ2v) is 4.58. The lowest BCUT2D eigenvalue weighted by atomic mass is 10.1. The van der Waals surface area contributed by atoms with Crippen LogP contribution in [0.5, 0.6) is 0 Å². The molecule has 0 radical (unpaired) electrons. The molecule has 1 aromatic rings. The minimum Gasteiger partial charge on any atom is -0.399 e. The summed E-state index contributed by atoms with van der Waals surface area (Å²) < 4.78 is 0. The van der Waals surface area contributed by atoms with E-state index in [0.29, 0.717) is 11.4 Å². The molecule has 0 atom stereocenters. The lowest BCUT2D eigenvalue weighted by molar-refractivity contribution is -0.118. The summed E-state index contributed by atoms with van der Waals surface area (Å²) in [5, 5.41) is 7.61. The van der Waals surface area contributed by atoms with Gasteiger partial charge in [0.2, 0.25) is 11.7 Å². The van der Waals surface area contributed by atoms with E-state index in [1.807, 2.05) is 6.92 Å². The van der Waals surface area contributed by atoms with Crippen molar-refractivity contribution in [3.63, 3.8) is 0 Å². The van der Waals surface area contributed by atoms with Crippen LogP contribution >= 0.6 is 0 Å². The Kier molecular flexibility index (Phi) is 3.52. The fourth-order valence-corrected chi connectivity index (χ4v) is 1.98. The smallest absolute Gasteiger partial charge is 0.228 e. The molecule has 0 aromatic heterocycles. The average Bonchev–Trinajstić information content (AvgIpc) is 2.38. The Morgan fingerprint density at radius 3 is 2.60 bits per heavy atom. The van der Waals surface area contributed by atoms with Crippen molar-refractivity contribution in [2.24, 2.45) is 0 Å². The highest BCUT2D eigenvalue weighted by Gasteiger charge is 2.23. The van der Waals surface area contributed by atoms with Crippen LogP contribution in [0.3, 0.4) is 0 Å². The molecule has 1 aliphatic rings. The summed E-state index contributed by atoms with van der Waals surface area (Å²) in [6.45, 7) is 3.21. The molecule has 1 amide bonds. The molecule has 1 aliphatic carbocycles. The summed E-state index contributed by atoms with van der Waals surface area (Å²) in [6.07, 6.45) is 4.07. The normalized spacial score (nSPS) is 14.2. The number of aryl methyl sites for hydroxylation is 1. The first-order chi connectivity index (χ1) is 9.40. The summed E-state index contributed by atoms with van der Waals surface area (Å²) in [4.78, 5) is 25.1. The maximum absolute atomic E-state index is 11.9. The van der Waals surface area contributed by atoms with Crippen molar-refractivity contribution in [2.45, 2.75) is 13.8 Å². The van der Waals surface area contributed by atoms with Gasteiger partial charge >= 0.3 is 0 Å². The van der Waals surface area contributed by atoms with E-state index in [-0.39, 0.29) is 23.1 Å². The second-order valence-electron chi connectivity index (χ2n) is 4.58. The van der Waals surface area contributed by atoms with Crippen molar-refractivity contribution >= 4 is 28.8 Å². The number of carbonyl (C=O) groups is 2. The summed E-state index contributed by atoms with van der Waals surface area (Å²) in [5.41, 5.74) is 8.12. The molecule has 5 nitrogen and oxygen atoms in total. The number of hydrogen-bond donors (Lipinski definition) is 2. The van der Waals surface area contributed by atoms with Crippen molar-refractivity contribution in [2.75, 3.05) is 10.6 Å². The number of allylic oxidation sites excluding steroid dienone is 3. The van der Waals surface area contributed by atoms with Crippen LogP contribution in [0.1, 0.15) is 12.5 Å². The van der Waals surface area contributed by atoms with E-state index in [9.17, 15) is 9.59 Å². The van der Waals surface area contributed by atoms with E-state index in [4.69, 9.17) is 11.1 Å². The first-order valence-electron chi connectivity index (χ1n) is 6.09. The number of carbonyl (C=O) groups excluding carboxylic acids is 2. The molecule has 0 saturated carbocycles. The number of benzene rings is 1. The largest absolute Gasteiger partial charge is 0.399 e. The molecule has 0 unspecified atom stereocenters. The topological polar surface area (TPSA) is 87.2 Å². The van der Waals surface area contributed by atoms with E-state index in [0.717, 1.165) is 5.56 Å². The first kappa shape index (κ1) is 13.7. The predicted octanol–water partition coefficient (Wildman–Crippen LogP) is 1.97. The minimum absolute atomic E-state index is 0.175. The van der Waals surface area contributed by atoms with E-state index in [1.54, 1.807) is 18.2 Å². The van der Waals surface area contributed by atoms with Crippen LogP contribution in [-0.2, 0) is 9.59 Å². The quantitative estimate of drug-likeness (QED) is 0.635. The number of nitrogens with one attached hydrogen (secondary N) is 1. The maximum atomic E-state index is 11.9. The van der Waals surface area contributed by atoms with Crippen LogP contribution in [0.4, 0.5) is 11.4 Å². The van der Waals surface area contributed by atoms with Crippen molar-refractivity contribution < 1.29 is 9.59 Å². The van der Waals surface area contributed by atoms with Gasteiger partial charge in [-0.15, -0.1) is 0 Å². The molecule has 20 heavy (non-hydrogen) atoms. The van der Waals surface area contributed by atoms with E-state index < -0.39 is 0 Å². The second kappa shape index (κ2) is 5.13. The molecular formula is C15H15N3O2. The Hall–Kier alpha value is -2.69. The van der Waals surface area contributed by atoms with Crippen LogP contribution in [0.15, 0.2) is 42.1 Å². The van der Waals surface area contributed by atoms with E-state index in [2.05, 4.69) is 0 Å². The zero-order valence-electron chi connectivity index (χ0n) is 11.3. The third-order valence-electron chi connectivity index (χ3n) is 3.03. The molecule has 102 valence electrons. The lowest BCUT2D eigenvalue weighted by Crippen LogP contribution is -2.33. The fraction of sp³-hybridized carbons (Fsp3) is 0.133. The highest BCUT2D eigenvalue weighted by Crippen LogP contribution is 2.25. The molecule has 0 fully saturated rings. The summed E-state index contributed by atoms with van der Waals surface area (Å²) in [6, 6.07) is 5.11. The van der Waals surface area contributed by atoms with Crippen molar-refractivity contribution in [3.8, 4) is 0 Å². The minimum atomic E-state index is -0.300. The van der Waals surface area contributed by atoms with Crippen molar-refractivity contribution in [1.29, 1.82) is 5.41 Å². The number of hydrogen-bond acceptors (Lipinski definition) is 4. The zero-order valence-corrected chi connectivity index (χ0v) is 11.3. The number of rotatable bonds is 2. The zero-order chi connectivity index (χ0) is 14.9. The Morgan fingerprint density at radius 1 is 1.30 bits per heavy atom. The Bertz CT molecular complexity index is 672. The molecule has 0 bridgehead atoms. The summed E-state index contributed by atoms with van der Waals surface area (Å²) in [5.74, 6) is -0.595. The van der Waals surface area contributed by atoms with Gasteiger partial charge in [-0.3, -0.25) is 14.5 Å². The molecule has 0 aliphatic heterocycles. The number of nitrogens with two attached hydrogens (primary N) is 1. The molecular weight excluding hydrogens is 254 g/mol. The van der Waals surface area contributed by atoms with Gasteiger partial charge in [0.1, 0.15) is 0 Å². The van der Waals surface area contributed by atoms with Gasteiger partial charge in [-0.25, -0.2) is 0 Å². The van der Waals surface area contributed by atoms with Crippen LogP contribution in [0.25, 0.3) is 0 Å². The molecule has 5 heteroatoms. The van der Waals surface area contributed by atoms with Gasteiger partial charge in [-0.05, 0) is 48.9 Å². The molecule has 0 spiro atoms. The highest BCUT2D eigenvalue weighted by molar-refractivity contribution is 6.22. The Balaban J connectivity index is 2.52. The maximum Gasteiger partial charge on any atom is 0.228 e. The summed E-state index contributed by atoms with van der Waals surface area (Å²) in [7, 11) is 0. The van der Waals surface area contributed by atoms with Crippen LogP contribution in [-0.4, -0.2) is 17.4 Å². The Morgan fingerprint density at radius 2 is 2.00 bits per heavy atom. The first-order valence-corrected chi connectivity index (χ1v) is 6.09. The predicted molar refractivity (Wildman–Crippen MR) is 78.7 cm³/mol. The average molecular weight is 269 g/mol. The van der Waals surface area contributed by atoms with Gasteiger partial charge in [-0.1, -0.05) is 0 Å². The lowest BCUT2D eigenvalue weighted by Gasteiger charge is -2.24. The standard InChI is InChI=1S/C15H15N3O2/c1-9-7-12(4-5-13(9)17)18(10(2)19)14-8-11(16)3-6-15(14)20/h3-8,16H,17H2,1-2H3. The summed E-state index contributed by atoms with van der Waals surface area (Å²) >= 11 is 0. The van der Waals surface area contributed by atoms with Gasteiger partial charge < -0.3 is 11.1 Å². The van der Waals surface area contributed by atoms with Crippen molar-refractivity contribution in [3.05, 3.63) is 47.7 Å². The number of ketones is 1. The SMILES string of the molecule is CC(=O)N(C1=CC(=N)C=CC1=O)c1ccc(N)c(C)c1. The molecule has 0 heterocycles. The van der Waals surface area contributed by atoms with E-state index >= 15 is 0 Å². The number of anilines is 2. The monoisotopic (exact) mass is 269 g/mol. The van der Waals surface area contributed by atoms with Gasteiger partial charge in [0.05, 0.1) is 11.4 Å². The van der Waals surface area contributed by atoms with Gasteiger partial charge in [0.25, 0.3) is 0 Å². The van der Waals surface area contributed by atoms with E-state index in [1.165, 1.54) is 30.1 Å². The molecule has 0 saturated heterocycles. The Labute approximate surface area is 116 Å². The third-order valence-corrected chi connectivity index (χ3v) is 3.03. The van der Waals surface area contributed by atoms with Crippen molar-refractivity contribution in [1.82, 2.24) is 0 Å². The van der Waals surface area contributed by atoms with Crippen LogP contribution < -0.4 is 10.6 Å². The molecule has 2 rings (SSSR count).